The molecule has 0 aliphatic carbocycles. The van der Waals surface area contributed by atoms with Gasteiger partial charge in [0, 0.05) is 16.6 Å². The van der Waals surface area contributed by atoms with Crippen LogP contribution in [0.5, 0.6) is 11.5 Å². The van der Waals surface area contributed by atoms with Crippen LogP contribution in [-0.2, 0) is 4.79 Å². The highest BCUT2D eigenvalue weighted by molar-refractivity contribution is 7.10. The standard InChI is InChI=1S/C22H19NO6S/c1-12-8-10-30-21(12)18-17(19(24)15-5-4-9-29-15)20(25)22(26)23(18)13-6-7-14(27-2)16(11-13)28-3/h4-11,18,25H,1-3H3. The van der Waals surface area contributed by atoms with Crippen molar-refractivity contribution in [2.24, 2.45) is 0 Å². The van der Waals surface area contributed by atoms with Crippen LogP contribution in [0.4, 0.5) is 5.69 Å². The quantitative estimate of drug-likeness (QED) is 0.587. The van der Waals surface area contributed by atoms with Gasteiger partial charge in [-0.1, -0.05) is 0 Å². The SMILES string of the molecule is COc1ccc(N2C(=O)C(O)=C(C(=O)c3ccco3)C2c2sccc2C)cc1OC. The number of furan rings is 1. The number of anilines is 1. The molecule has 154 valence electrons. The lowest BCUT2D eigenvalue weighted by atomic mass is 9.98. The summed E-state index contributed by atoms with van der Waals surface area (Å²) in [5.41, 5.74) is 1.35. The number of benzene rings is 1. The Morgan fingerprint density at radius 3 is 2.53 bits per heavy atom. The molecule has 3 heterocycles. The average molecular weight is 425 g/mol. The predicted molar refractivity (Wildman–Crippen MR) is 112 cm³/mol. The van der Waals surface area contributed by atoms with Gasteiger partial charge in [0.2, 0.25) is 5.78 Å². The number of ketones is 1. The summed E-state index contributed by atoms with van der Waals surface area (Å²) in [6.45, 7) is 1.90. The zero-order valence-corrected chi connectivity index (χ0v) is 17.4. The predicted octanol–water partition coefficient (Wildman–Crippen LogP) is 4.45. The number of carbonyl (C=O) groups excluding carboxylic acids is 2. The Kier molecular flexibility index (Phi) is 5.09. The number of rotatable bonds is 6. The van der Waals surface area contributed by atoms with Crippen LogP contribution < -0.4 is 14.4 Å². The Labute approximate surface area is 176 Å². The Balaban J connectivity index is 1.88. The van der Waals surface area contributed by atoms with E-state index >= 15 is 0 Å². The van der Waals surface area contributed by atoms with Crippen molar-refractivity contribution in [1.29, 1.82) is 0 Å². The normalized spacial score (nSPS) is 16.3. The molecule has 1 atom stereocenters. The molecule has 0 bridgehead atoms. The first-order valence-electron chi connectivity index (χ1n) is 9.08. The minimum atomic E-state index is -0.798. The van der Waals surface area contributed by atoms with Crippen LogP contribution in [0.25, 0.3) is 0 Å². The molecule has 1 aliphatic rings. The number of hydrogen-bond acceptors (Lipinski definition) is 7. The van der Waals surface area contributed by atoms with Gasteiger partial charge in [0.1, 0.15) is 6.04 Å². The van der Waals surface area contributed by atoms with Gasteiger partial charge in [-0.25, -0.2) is 0 Å². The first kappa shape index (κ1) is 19.8. The number of carbonyl (C=O) groups is 2. The molecule has 0 saturated heterocycles. The monoisotopic (exact) mass is 425 g/mol. The van der Waals surface area contributed by atoms with E-state index in [1.165, 1.54) is 42.8 Å². The molecule has 1 unspecified atom stereocenters. The lowest BCUT2D eigenvalue weighted by molar-refractivity contribution is -0.117. The maximum absolute atomic E-state index is 13.2. The summed E-state index contributed by atoms with van der Waals surface area (Å²) < 4.78 is 15.9. The number of amides is 1. The zero-order valence-electron chi connectivity index (χ0n) is 16.5. The summed E-state index contributed by atoms with van der Waals surface area (Å²) >= 11 is 1.41. The molecule has 0 fully saturated rings. The lowest BCUT2D eigenvalue weighted by Gasteiger charge is -2.27. The highest BCUT2D eigenvalue weighted by Gasteiger charge is 2.46. The third-order valence-electron chi connectivity index (χ3n) is 4.99. The number of methoxy groups -OCH3 is 2. The van der Waals surface area contributed by atoms with Gasteiger partial charge in [-0.3, -0.25) is 14.5 Å². The number of aliphatic hydroxyl groups is 1. The number of hydrogen-bond donors (Lipinski definition) is 1. The van der Waals surface area contributed by atoms with E-state index in [9.17, 15) is 14.7 Å². The summed E-state index contributed by atoms with van der Waals surface area (Å²) in [5.74, 6) is -0.821. The zero-order chi connectivity index (χ0) is 21.4. The third kappa shape index (κ3) is 3.05. The first-order valence-corrected chi connectivity index (χ1v) is 9.96. The second-order valence-corrected chi connectivity index (χ2v) is 7.60. The molecule has 1 aliphatic heterocycles. The van der Waals surface area contributed by atoms with E-state index in [1.807, 2.05) is 18.4 Å². The van der Waals surface area contributed by atoms with Crippen LogP contribution in [0.1, 0.15) is 27.0 Å². The molecule has 30 heavy (non-hydrogen) atoms. The molecule has 2 aromatic heterocycles. The summed E-state index contributed by atoms with van der Waals surface area (Å²) in [6.07, 6.45) is 1.37. The molecule has 1 N–H and O–H groups in total. The van der Waals surface area contributed by atoms with E-state index in [0.29, 0.717) is 17.2 Å². The highest BCUT2D eigenvalue weighted by atomic mass is 32.1. The van der Waals surface area contributed by atoms with Crippen LogP contribution in [0, 0.1) is 6.92 Å². The Morgan fingerprint density at radius 1 is 1.17 bits per heavy atom. The highest BCUT2D eigenvalue weighted by Crippen LogP contribution is 2.46. The minimum absolute atomic E-state index is 0.0183. The Hall–Kier alpha value is -3.52. The summed E-state index contributed by atoms with van der Waals surface area (Å²) in [7, 11) is 3.01. The molecule has 7 nitrogen and oxygen atoms in total. The van der Waals surface area contributed by atoms with Gasteiger partial charge in [-0.2, -0.15) is 0 Å². The van der Waals surface area contributed by atoms with Gasteiger partial charge in [-0.05, 0) is 48.2 Å². The third-order valence-corrected chi connectivity index (χ3v) is 6.06. The van der Waals surface area contributed by atoms with Crippen LogP contribution in [0.3, 0.4) is 0 Å². The number of Topliss-reactive ketones (excluding diaryl/α,β-unsaturated/α-hetero) is 1. The van der Waals surface area contributed by atoms with Crippen molar-refractivity contribution < 1.29 is 28.6 Å². The Morgan fingerprint density at radius 2 is 1.93 bits per heavy atom. The molecule has 1 amide bonds. The van der Waals surface area contributed by atoms with Gasteiger partial charge in [-0.15, -0.1) is 11.3 Å². The van der Waals surface area contributed by atoms with E-state index in [2.05, 4.69) is 0 Å². The smallest absolute Gasteiger partial charge is 0.294 e. The molecular formula is C22H19NO6S. The molecule has 4 rings (SSSR count). The fraction of sp³-hybridized carbons (Fsp3) is 0.182. The number of ether oxygens (including phenoxy) is 2. The fourth-order valence-corrected chi connectivity index (χ4v) is 4.56. The summed E-state index contributed by atoms with van der Waals surface area (Å²) in [4.78, 5) is 28.4. The van der Waals surface area contributed by atoms with E-state index in [-0.39, 0.29) is 11.3 Å². The van der Waals surface area contributed by atoms with Gasteiger partial charge in [0.25, 0.3) is 5.91 Å². The van der Waals surface area contributed by atoms with Gasteiger partial charge >= 0.3 is 0 Å². The van der Waals surface area contributed by atoms with E-state index in [0.717, 1.165) is 10.4 Å². The number of nitrogens with zero attached hydrogens (tertiary/aromatic N) is 1. The van der Waals surface area contributed by atoms with Crippen molar-refractivity contribution >= 4 is 28.7 Å². The second-order valence-electron chi connectivity index (χ2n) is 6.65. The van der Waals surface area contributed by atoms with Crippen molar-refractivity contribution in [2.75, 3.05) is 19.1 Å². The molecule has 8 heteroatoms. The van der Waals surface area contributed by atoms with E-state index in [1.54, 1.807) is 24.3 Å². The number of aliphatic hydroxyl groups excluding tert-OH is 1. The molecule has 3 aromatic rings. The lowest BCUT2D eigenvalue weighted by Crippen LogP contribution is -2.31. The molecule has 0 saturated carbocycles. The average Bonchev–Trinajstić information content (AvgIpc) is 3.48. The molecule has 0 radical (unpaired) electrons. The van der Waals surface area contributed by atoms with Gasteiger partial charge < -0.3 is 19.0 Å². The molecule has 0 spiro atoms. The van der Waals surface area contributed by atoms with Crippen molar-refractivity contribution in [3.63, 3.8) is 0 Å². The van der Waals surface area contributed by atoms with Crippen molar-refractivity contribution in [3.8, 4) is 11.5 Å². The van der Waals surface area contributed by atoms with E-state index in [4.69, 9.17) is 13.9 Å². The summed E-state index contributed by atoms with van der Waals surface area (Å²) in [6, 6.07) is 9.19. The van der Waals surface area contributed by atoms with Crippen LogP contribution in [0.2, 0.25) is 0 Å². The summed E-state index contributed by atoms with van der Waals surface area (Å²) in [5, 5.41) is 12.6. The second kappa shape index (κ2) is 7.72. The number of aryl methyl sites for hydroxylation is 1. The molecule has 1 aromatic carbocycles. The first-order chi connectivity index (χ1) is 14.5. The fourth-order valence-electron chi connectivity index (χ4n) is 3.53. The maximum Gasteiger partial charge on any atom is 0.294 e. The van der Waals surface area contributed by atoms with Gasteiger partial charge in [0.15, 0.2) is 23.0 Å². The van der Waals surface area contributed by atoms with Crippen LogP contribution >= 0.6 is 11.3 Å². The van der Waals surface area contributed by atoms with Crippen molar-refractivity contribution in [3.05, 3.63) is 75.6 Å². The van der Waals surface area contributed by atoms with Crippen LogP contribution in [-0.4, -0.2) is 31.0 Å². The molecular weight excluding hydrogens is 406 g/mol. The van der Waals surface area contributed by atoms with Crippen molar-refractivity contribution in [2.45, 2.75) is 13.0 Å². The minimum Gasteiger partial charge on any atom is -0.503 e. The number of thiophene rings is 1. The van der Waals surface area contributed by atoms with Crippen molar-refractivity contribution in [1.82, 2.24) is 0 Å². The van der Waals surface area contributed by atoms with Crippen LogP contribution in [0.15, 0.2) is 63.8 Å². The largest absolute Gasteiger partial charge is 0.503 e. The van der Waals surface area contributed by atoms with E-state index < -0.39 is 23.5 Å². The topological polar surface area (TPSA) is 89.2 Å². The maximum atomic E-state index is 13.2. The van der Waals surface area contributed by atoms with Gasteiger partial charge in [0.05, 0.1) is 26.1 Å². The Bertz CT molecular complexity index is 1140.